The van der Waals surface area contributed by atoms with Gasteiger partial charge in [0.15, 0.2) is 19.0 Å². The lowest BCUT2D eigenvalue weighted by Crippen LogP contribution is -2.31. The van der Waals surface area contributed by atoms with Gasteiger partial charge in [-0.3, -0.25) is 4.79 Å². The van der Waals surface area contributed by atoms with Crippen LogP contribution in [0.25, 0.3) is 11.0 Å². The predicted molar refractivity (Wildman–Crippen MR) is 88.5 cm³/mol. The second-order valence-electron chi connectivity index (χ2n) is 5.50. The molecule has 0 unspecified atom stereocenters. The van der Waals surface area contributed by atoms with Crippen LogP contribution >= 0.6 is 0 Å². The number of fused-ring (bicyclic) bond motifs is 1. The Hall–Kier alpha value is -3.35. The smallest absolute Gasteiger partial charge is 0.339 e. The topological polar surface area (TPSA) is 95.5 Å². The first kappa shape index (κ1) is 16.5. The van der Waals surface area contributed by atoms with Crippen molar-refractivity contribution in [1.82, 2.24) is 5.32 Å². The Morgan fingerprint density at radius 3 is 2.68 bits per heavy atom. The molecule has 3 aromatic rings. The molecule has 2 heterocycles. The zero-order chi connectivity index (χ0) is 17.8. The number of ether oxygens (including phenoxy) is 1. The highest BCUT2D eigenvalue weighted by atomic mass is 16.5. The Morgan fingerprint density at radius 1 is 1.24 bits per heavy atom. The molecule has 1 amide bonds. The molecular weight excluding hydrogens is 324 g/mol. The van der Waals surface area contributed by atoms with Crippen molar-refractivity contribution >= 4 is 22.8 Å². The van der Waals surface area contributed by atoms with Gasteiger partial charge < -0.3 is 19.7 Å². The molecular formula is C18H16N2O5. The van der Waals surface area contributed by atoms with Gasteiger partial charge in [0.25, 0.3) is 5.91 Å². The van der Waals surface area contributed by atoms with Crippen LogP contribution in [0, 0.1) is 5.21 Å². The van der Waals surface area contributed by atoms with Crippen LogP contribution in [0.3, 0.4) is 0 Å². The molecule has 1 N–H and O–H groups in total. The summed E-state index contributed by atoms with van der Waals surface area (Å²) in [7, 11) is 0. The number of hydrogen-bond acceptors (Lipinski definition) is 5. The quantitative estimate of drug-likeness (QED) is 0.436. The van der Waals surface area contributed by atoms with Crippen LogP contribution in [0.15, 0.2) is 59.3 Å². The maximum Gasteiger partial charge on any atom is 0.339 e. The third kappa shape index (κ3) is 3.95. The fourth-order valence-electron chi connectivity index (χ4n) is 2.33. The monoisotopic (exact) mass is 340 g/mol. The number of hydrogen-bond donors (Lipinski definition) is 1. The maximum atomic E-state index is 11.9. The first-order valence-corrected chi connectivity index (χ1v) is 7.67. The summed E-state index contributed by atoms with van der Waals surface area (Å²) in [5.74, 6) is -0.507. The highest BCUT2D eigenvalue weighted by Gasteiger charge is 2.16. The van der Waals surface area contributed by atoms with E-state index in [0.29, 0.717) is 10.5 Å². The molecule has 0 aliphatic carbocycles. The van der Waals surface area contributed by atoms with Crippen molar-refractivity contribution < 1.29 is 23.5 Å². The first-order chi connectivity index (χ1) is 12.0. The Kier molecular flexibility index (Phi) is 4.65. The number of carbonyl (C=O) groups is 2. The highest BCUT2D eigenvalue weighted by Crippen LogP contribution is 2.23. The zero-order valence-electron chi connectivity index (χ0n) is 13.5. The number of para-hydroxylation sites is 1. The van der Waals surface area contributed by atoms with Gasteiger partial charge in [-0.1, -0.05) is 18.2 Å². The molecule has 7 heteroatoms. The van der Waals surface area contributed by atoms with Gasteiger partial charge in [-0.15, -0.1) is 0 Å². The molecule has 2 aromatic heterocycles. The van der Waals surface area contributed by atoms with Gasteiger partial charge in [0.2, 0.25) is 0 Å². The van der Waals surface area contributed by atoms with Crippen LogP contribution < -0.4 is 10.0 Å². The third-order valence-corrected chi connectivity index (χ3v) is 3.62. The van der Waals surface area contributed by atoms with E-state index in [1.165, 1.54) is 24.5 Å². The maximum absolute atomic E-state index is 11.9. The first-order valence-electron chi connectivity index (χ1n) is 7.67. The van der Waals surface area contributed by atoms with E-state index >= 15 is 0 Å². The summed E-state index contributed by atoms with van der Waals surface area (Å²) in [6.45, 7) is 1.36. The Bertz CT molecular complexity index is 868. The van der Waals surface area contributed by atoms with Gasteiger partial charge in [-0.2, -0.15) is 4.73 Å². The van der Waals surface area contributed by atoms with Gasteiger partial charge in [-0.25, -0.2) is 4.79 Å². The van der Waals surface area contributed by atoms with Crippen LogP contribution in [0.1, 0.15) is 29.1 Å². The summed E-state index contributed by atoms with van der Waals surface area (Å²) in [6.07, 6.45) is 2.36. The summed E-state index contributed by atoms with van der Waals surface area (Å²) < 4.78 is 11.2. The minimum Gasteiger partial charge on any atom is -0.619 e. The Labute approximate surface area is 143 Å². The molecule has 0 saturated heterocycles. The molecule has 0 spiro atoms. The van der Waals surface area contributed by atoms with E-state index in [2.05, 4.69) is 5.32 Å². The highest BCUT2D eigenvalue weighted by molar-refractivity contribution is 5.91. The van der Waals surface area contributed by atoms with Gasteiger partial charge in [-0.05, 0) is 19.1 Å². The number of carbonyl (C=O) groups excluding carboxylic acids is 2. The van der Waals surface area contributed by atoms with Crippen molar-refractivity contribution in [2.75, 3.05) is 6.61 Å². The number of rotatable bonds is 5. The van der Waals surface area contributed by atoms with Crippen LogP contribution in [-0.2, 0) is 9.53 Å². The Morgan fingerprint density at radius 2 is 1.96 bits per heavy atom. The molecule has 1 atom stereocenters. The van der Waals surface area contributed by atoms with Crippen molar-refractivity contribution in [3.05, 3.63) is 71.4 Å². The van der Waals surface area contributed by atoms with E-state index in [-0.39, 0.29) is 11.6 Å². The summed E-state index contributed by atoms with van der Waals surface area (Å²) >= 11 is 0. The van der Waals surface area contributed by atoms with E-state index in [0.717, 1.165) is 11.0 Å². The fraction of sp³-hybridized carbons (Fsp3) is 0.167. The molecule has 0 radical (unpaired) electrons. The van der Waals surface area contributed by atoms with E-state index in [1.807, 2.05) is 30.3 Å². The standard InChI is InChI=1S/C18H16N2O5/c1-12(16-10-14-4-2-3-5-15(14)25-16)19-17(21)11-24-18(22)13-6-8-20(23)9-7-13/h2-10,12H,11H2,1H3,(H,19,21)/t12-/m1/s1. The molecule has 0 saturated carbocycles. The zero-order valence-corrected chi connectivity index (χ0v) is 13.5. The van der Waals surface area contributed by atoms with Crippen molar-refractivity contribution in [3.8, 4) is 0 Å². The summed E-state index contributed by atoms with van der Waals surface area (Å²) in [5, 5.41) is 14.6. The molecule has 3 rings (SSSR count). The minimum absolute atomic E-state index is 0.199. The molecule has 0 aliphatic rings. The van der Waals surface area contributed by atoms with Crippen molar-refractivity contribution in [2.45, 2.75) is 13.0 Å². The van der Waals surface area contributed by atoms with E-state index in [1.54, 1.807) is 6.92 Å². The molecule has 1 aromatic carbocycles. The van der Waals surface area contributed by atoms with Crippen LogP contribution in [0.4, 0.5) is 0 Å². The molecule has 25 heavy (non-hydrogen) atoms. The van der Waals surface area contributed by atoms with Crippen molar-refractivity contribution in [2.24, 2.45) is 0 Å². The molecule has 0 bridgehead atoms. The lowest BCUT2D eigenvalue weighted by atomic mass is 10.2. The fourth-order valence-corrected chi connectivity index (χ4v) is 2.33. The normalized spacial score (nSPS) is 11.9. The molecule has 0 aliphatic heterocycles. The minimum atomic E-state index is -0.674. The number of pyridine rings is 1. The largest absolute Gasteiger partial charge is 0.619 e. The average Bonchev–Trinajstić information content (AvgIpc) is 3.04. The summed E-state index contributed by atoms with van der Waals surface area (Å²) in [5.41, 5.74) is 0.940. The van der Waals surface area contributed by atoms with Crippen LogP contribution in [0.5, 0.6) is 0 Å². The average molecular weight is 340 g/mol. The molecule has 128 valence electrons. The summed E-state index contributed by atoms with van der Waals surface area (Å²) in [4.78, 5) is 23.7. The van der Waals surface area contributed by atoms with Crippen LogP contribution in [-0.4, -0.2) is 18.5 Å². The number of amides is 1. The number of benzene rings is 1. The number of esters is 1. The second-order valence-corrected chi connectivity index (χ2v) is 5.50. The van der Waals surface area contributed by atoms with Gasteiger partial charge >= 0.3 is 5.97 Å². The number of aromatic nitrogens is 1. The SMILES string of the molecule is C[C@@H](NC(=O)COC(=O)c1cc[n+]([O-])cc1)c1cc2ccccc2o1. The third-order valence-electron chi connectivity index (χ3n) is 3.62. The van der Waals surface area contributed by atoms with Gasteiger partial charge in [0, 0.05) is 17.5 Å². The predicted octanol–water partition coefficient (Wildman–Crippen LogP) is 2.10. The lowest BCUT2D eigenvalue weighted by Gasteiger charge is -2.11. The number of nitrogens with zero attached hydrogens (tertiary/aromatic N) is 1. The second kappa shape index (κ2) is 7.04. The van der Waals surface area contributed by atoms with Crippen LogP contribution in [0.2, 0.25) is 0 Å². The molecule has 7 nitrogen and oxygen atoms in total. The lowest BCUT2D eigenvalue weighted by molar-refractivity contribution is -0.605. The van der Waals surface area contributed by atoms with E-state index in [4.69, 9.17) is 9.15 Å². The number of nitrogens with one attached hydrogen (secondary N) is 1. The van der Waals surface area contributed by atoms with Crippen molar-refractivity contribution in [3.63, 3.8) is 0 Å². The Balaban J connectivity index is 1.54. The summed E-state index contributed by atoms with van der Waals surface area (Å²) in [6, 6.07) is 11.7. The van der Waals surface area contributed by atoms with E-state index < -0.39 is 18.5 Å². The number of furan rings is 1. The van der Waals surface area contributed by atoms with Gasteiger partial charge in [0.05, 0.1) is 11.6 Å². The molecule has 0 fully saturated rings. The van der Waals surface area contributed by atoms with E-state index in [9.17, 15) is 14.8 Å². The van der Waals surface area contributed by atoms with Crippen molar-refractivity contribution in [1.29, 1.82) is 0 Å². The van der Waals surface area contributed by atoms with Gasteiger partial charge in [0.1, 0.15) is 11.3 Å².